The summed E-state index contributed by atoms with van der Waals surface area (Å²) in [5.41, 5.74) is 1.16. The van der Waals surface area contributed by atoms with Crippen LogP contribution in [-0.2, 0) is 7.05 Å². The Kier molecular flexibility index (Phi) is 4.08. The second-order valence-corrected chi connectivity index (χ2v) is 5.67. The second kappa shape index (κ2) is 5.62. The molecule has 0 spiro atoms. The Labute approximate surface area is 124 Å². The molecule has 2 heterocycles. The van der Waals surface area contributed by atoms with E-state index in [1.54, 1.807) is 24.0 Å². The van der Waals surface area contributed by atoms with Gasteiger partial charge in [-0.25, -0.2) is 0 Å². The van der Waals surface area contributed by atoms with Crippen LogP contribution in [0.4, 0.5) is 5.69 Å². The molecule has 20 heavy (non-hydrogen) atoms. The highest BCUT2D eigenvalue weighted by atomic mass is 79.9. The maximum atomic E-state index is 12.2. The lowest BCUT2D eigenvalue weighted by Crippen LogP contribution is -2.20. The minimum Gasteiger partial charge on any atom is -0.354 e. The van der Waals surface area contributed by atoms with E-state index in [4.69, 9.17) is 0 Å². The van der Waals surface area contributed by atoms with Crippen LogP contribution in [0, 0.1) is 0 Å². The number of carbonyl (C=O) groups is 1. The standard InChI is InChI=1S/C13H15BrN4O2/c1-7(2)11-8(4-15-17-11)13(20)16-10-6-18(3)5-9(14)12(10)19/h4-7H,1-3H3,(H,15,17)(H,16,20). The van der Waals surface area contributed by atoms with Crippen molar-refractivity contribution in [3.8, 4) is 0 Å². The van der Waals surface area contributed by atoms with Gasteiger partial charge in [-0.1, -0.05) is 13.8 Å². The summed E-state index contributed by atoms with van der Waals surface area (Å²) in [5.74, 6) is -0.207. The number of anilines is 1. The Balaban J connectivity index is 2.33. The third-order valence-corrected chi connectivity index (χ3v) is 3.42. The summed E-state index contributed by atoms with van der Waals surface area (Å²) >= 11 is 3.17. The highest BCUT2D eigenvalue weighted by Gasteiger charge is 2.17. The predicted octanol–water partition coefficient (Wildman–Crippen LogP) is 2.25. The lowest BCUT2D eigenvalue weighted by molar-refractivity contribution is 0.102. The Hall–Kier alpha value is -1.89. The average Bonchev–Trinajstić information content (AvgIpc) is 2.84. The third-order valence-electron chi connectivity index (χ3n) is 2.85. The maximum Gasteiger partial charge on any atom is 0.259 e. The molecule has 2 N–H and O–H groups in total. The van der Waals surface area contributed by atoms with Gasteiger partial charge in [-0.15, -0.1) is 0 Å². The molecule has 2 aromatic rings. The van der Waals surface area contributed by atoms with Crippen molar-refractivity contribution in [3.05, 3.63) is 44.5 Å². The number of aromatic amines is 1. The fraction of sp³-hybridized carbons (Fsp3) is 0.308. The first-order valence-corrected chi connectivity index (χ1v) is 6.90. The number of aromatic nitrogens is 3. The van der Waals surface area contributed by atoms with Gasteiger partial charge in [0.2, 0.25) is 5.43 Å². The zero-order valence-electron chi connectivity index (χ0n) is 11.4. The molecule has 0 aliphatic heterocycles. The maximum absolute atomic E-state index is 12.2. The van der Waals surface area contributed by atoms with Crippen molar-refractivity contribution in [2.75, 3.05) is 5.32 Å². The largest absolute Gasteiger partial charge is 0.354 e. The van der Waals surface area contributed by atoms with Crippen LogP contribution < -0.4 is 10.7 Å². The highest BCUT2D eigenvalue weighted by Crippen LogP contribution is 2.17. The lowest BCUT2D eigenvalue weighted by atomic mass is 10.1. The van der Waals surface area contributed by atoms with Gasteiger partial charge in [-0.05, 0) is 21.8 Å². The molecule has 0 radical (unpaired) electrons. The van der Waals surface area contributed by atoms with Crippen LogP contribution in [0.2, 0.25) is 0 Å². The first-order chi connectivity index (χ1) is 9.40. The number of rotatable bonds is 3. The van der Waals surface area contributed by atoms with E-state index in [1.807, 2.05) is 13.8 Å². The normalized spacial score (nSPS) is 10.8. The van der Waals surface area contributed by atoms with Gasteiger partial charge in [0.05, 0.1) is 21.9 Å². The number of hydrogen-bond donors (Lipinski definition) is 2. The SMILES string of the molecule is CC(C)c1[nH]ncc1C(=O)Nc1cn(C)cc(Br)c1=O. The van der Waals surface area contributed by atoms with E-state index in [9.17, 15) is 9.59 Å². The van der Waals surface area contributed by atoms with Gasteiger partial charge < -0.3 is 9.88 Å². The van der Waals surface area contributed by atoms with Gasteiger partial charge in [-0.2, -0.15) is 5.10 Å². The van der Waals surface area contributed by atoms with E-state index >= 15 is 0 Å². The van der Waals surface area contributed by atoms with Crippen molar-refractivity contribution in [2.45, 2.75) is 19.8 Å². The summed E-state index contributed by atoms with van der Waals surface area (Å²) in [6.45, 7) is 3.92. The second-order valence-electron chi connectivity index (χ2n) is 4.82. The molecule has 0 fully saturated rings. The molecule has 2 rings (SSSR count). The van der Waals surface area contributed by atoms with Crippen molar-refractivity contribution >= 4 is 27.5 Å². The van der Waals surface area contributed by atoms with E-state index in [1.165, 1.54) is 6.20 Å². The quantitative estimate of drug-likeness (QED) is 0.900. The van der Waals surface area contributed by atoms with Crippen LogP contribution >= 0.6 is 15.9 Å². The minimum atomic E-state index is -0.349. The van der Waals surface area contributed by atoms with Crippen LogP contribution in [0.5, 0.6) is 0 Å². The number of nitrogens with one attached hydrogen (secondary N) is 2. The molecule has 7 heteroatoms. The summed E-state index contributed by atoms with van der Waals surface area (Å²) in [6, 6.07) is 0. The summed E-state index contributed by atoms with van der Waals surface area (Å²) in [5, 5.41) is 9.32. The summed E-state index contributed by atoms with van der Waals surface area (Å²) in [7, 11) is 1.78. The molecule has 106 valence electrons. The van der Waals surface area contributed by atoms with Crippen LogP contribution in [0.25, 0.3) is 0 Å². The zero-order chi connectivity index (χ0) is 14.9. The zero-order valence-corrected chi connectivity index (χ0v) is 13.0. The minimum absolute atomic E-state index is 0.142. The van der Waals surface area contributed by atoms with Crippen LogP contribution in [-0.4, -0.2) is 20.7 Å². The van der Waals surface area contributed by atoms with E-state index in [0.717, 1.165) is 5.69 Å². The Morgan fingerprint density at radius 2 is 2.15 bits per heavy atom. The highest BCUT2D eigenvalue weighted by molar-refractivity contribution is 9.10. The molecule has 0 saturated carbocycles. The molecule has 0 atom stereocenters. The number of hydrogen-bond acceptors (Lipinski definition) is 3. The third kappa shape index (κ3) is 2.82. The van der Waals surface area contributed by atoms with E-state index in [-0.39, 0.29) is 22.9 Å². The van der Waals surface area contributed by atoms with Crippen molar-refractivity contribution < 1.29 is 4.79 Å². The van der Waals surface area contributed by atoms with Crippen LogP contribution in [0.15, 0.2) is 27.9 Å². The molecule has 0 unspecified atom stereocenters. The fourth-order valence-electron chi connectivity index (χ4n) is 1.86. The Bertz CT molecular complexity index is 703. The lowest BCUT2D eigenvalue weighted by Gasteiger charge is -2.09. The van der Waals surface area contributed by atoms with Crippen LogP contribution in [0.1, 0.15) is 35.8 Å². The topological polar surface area (TPSA) is 79.8 Å². The number of amides is 1. The molecule has 0 aliphatic rings. The number of aryl methyl sites for hydroxylation is 1. The number of carbonyl (C=O) groups excluding carboxylic acids is 1. The monoisotopic (exact) mass is 338 g/mol. The smallest absolute Gasteiger partial charge is 0.259 e. The summed E-state index contributed by atoms with van der Waals surface area (Å²) < 4.78 is 2.09. The number of H-pyrrole nitrogens is 1. The molecule has 2 aromatic heterocycles. The van der Waals surface area contributed by atoms with Gasteiger partial charge in [0, 0.05) is 19.4 Å². The number of pyridine rings is 1. The fourth-order valence-corrected chi connectivity index (χ4v) is 2.40. The molecule has 6 nitrogen and oxygen atoms in total. The molecule has 0 aliphatic carbocycles. The predicted molar refractivity (Wildman–Crippen MR) is 80.0 cm³/mol. The molecular weight excluding hydrogens is 324 g/mol. The van der Waals surface area contributed by atoms with Gasteiger partial charge in [0.1, 0.15) is 5.69 Å². The van der Waals surface area contributed by atoms with Crippen molar-refractivity contribution in [2.24, 2.45) is 7.05 Å². The molecule has 0 saturated heterocycles. The van der Waals surface area contributed by atoms with E-state index in [2.05, 4.69) is 31.4 Å². The van der Waals surface area contributed by atoms with Gasteiger partial charge in [0.15, 0.2) is 0 Å². The summed E-state index contributed by atoms with van der Waals surface area (Å²) in [4.78, 5) is 24.2. The molecule has 0 bridgehead atoms. The van der Waals surface area contributed by atoms with Crippen LogP contribution in [0.3, 0.4) is 0 Å². The van der Waals surface area contributed by atoms with E-state index in [0.29, 0.717) is 10.0 Å². The molecule has 0 aromatic carbocycles. The Morgan fingerprint density at radius 1 is 1.45 bits per heavy atom. The number of halogens is 1. The summed E-state index contributed by atoms with van der Waals surface area (Å²) in [6.07, 6.45) is 4.67. The van der Waals surface area contributed by atoms with Gasteiger partial charge in [0.25, 0.3) is 5.91 Å². The average molecular weight is 339 g/mol. The molecule has 1 amide bonds. The van der Waals surface area contributed by atoms with Crippen molar-refractivity contribution in [1.29, 1.82) is 0 Å². The van der Waals surface area contributed by atoms with Gasteiger partial charge >= 0.3 is 0 Å². The van der Waals surface area contributed by atoms with E-state index < -0.39 is 0 Å². The van der Waals surface area contributed by atoms with Gasteiger partial charge in [-0.3, -0.25) is 14.7 Å². The first kappa shape index (κ1) is 14.5. The number of nitrogens with zero attached hydrogens (tertiary/aromatic N) is 2. The Morgan fingerprint density at radius 3 is 2.80 bits per heavy atom. The first-order valence-electron chi connectivity index (χ1n) is 6.10. The van der Waals surface area contributed by atoms with Crippen molar-refractivity contribution in [3.63, 3.8) is 0 Å². The molecular formula is C13H15BrN4O2. The van der Waals surface area contributed by atoms with Crippen molar-refractivity contribution in [1.82, 2.24) is 14.8 Å².